The van der Waals surface area contributed by atoms with Gasteiger partial charge >= 0.3 is 0 Å². The summed E-state index contributed by atoms with van der Waals surface area (Å²) in [5.74, 6) is 1.47. The highest BCUT2D eigenvalue weighted by molar-refractivity contribution is 7.92. The van der Waals surface area contributed by atoms with Crippen LogP contribution in [0.2, 0.25) is 0 Å². The van der Waals surface area contributed by atoms with Crippen molar-refractivity contribution in [2.75, 3.05) is 10.5 Å². The molecule has 0 saturated heterocycles. The van der Waals surface area contributed by atoms with Crippen molar-refractivity contribution in [3.63, 3.8) is 0 Å². The average molecular weight is 290 g/mol. The summed E-state index contributed by atoms with van der Waals surface area (Å²) in [6, 6.07) is 9.90. The van der Waals surface area contributed by atoms with E-state index in [2.05, 4.69) is 10.6 Å². The zero-order valence-electron chi connectivity index (χ0n) is 10.3. The molecular weight excluding hydrogens is 279 g/mol. The van der Waals surface area contributed by atoms with E-state index in [0.717, 1.165) is 6.07 Å². The van der Waals surface area contributed by atoms with Gasteiger partial charge in [-0.2, -0.15) is 0 Å². The van der Waals surface area contributed by atoms with E-state index in [-0.39, 0.29) is 11.4 Å². The Bertz CT molecular complexity index is 775. The molecule has 0 aliphatic carbocycles. The summed E-state index contributed by atoms with van der Waals surface area (Å²) in [4.78, 5) is -0.578. The molecule has 0 unspecified atom stereocenters. The molecule has 0 saturated carbocycles. The maximum absolute atomic E-state index is 13.7. The van der Waals surface area contributed by atoms with Gasteiger partial charge in [0, 0.05) is 5.56 Å². The van der Waals surface area contributed by atoms with E-state index >= 15 is 0 Å². The first-order valence-corrected chi connectivity index (χ1v) is 7.06. The van der Waals surface area contributed by atoms with E-state index in [1.54, 1.807) is 12.1 Å². The molecule has 0 aromatic heterocycles. The van der Waals surface area contributed by atoms with Gasteiger partial charge in [-0.3, -0.25) is 4.72 Å². The molecule has 4 nitrogen and oxygen atoms in total. The molecule has 0 aliphatic heterocycles. The quantitative estimate of drug-likeness (QED) is 0.672. The van der Waals surface area contributed by atoms with Gasteiger partial charge < -0.3 is 5.73 Å². The predicted molar refractivity (Wildman–Crippen MR) is 76.0 cm³/mol. The topological polar surface area (TPSA) is 72.2 Å². The summed E-state index contributed by atoms with van der Waals surface area (Å²) in [7, 11) is -4.12. The SMILES string of the molecule is C#Cc1cccc(NS(=O)(=O)c2c(N)cccc2F)c1. The number of anilines is 2. The third-order valence-corrected chi connectivity index (χ3v) is 4.02. The Morgan fingerprint density at radius 1 is 1.20 bits per heavy atom. The fourth-order valence-corrected chi connectivity index (χ4v) is 2.93. The Hall–Kier alpha value is -2.52. The number of nitrogen functional groups attached to an aromatic ring is 1. The number of halogens is 1. The second-order valence-corrected chi connectivity index (χ2v) is 5.61. The number of nitrogens with two attached hydrogens (primary N) is 1. The minimum atomic E-state index is -4.12. The van der Waals surface area contributed by atoms with Crippen LogP contribution in [-0.2, 0) is 10.0 Å². The Labute approximate surface area is 116 Å². The number of nitrogens with one attached hydrogen (secondary N) is 1. The number of hydrogen-bond donors (Lipinski definition) is 2. The smallest absolute Gasteiger partial charge is 0.266 e. The highest BCUT2D eigenvalue weighted by Crippen LogP contribution is 2.24. The number of rotatable bonds is 3. The predicted octanol–water partition coefficient (Wildman–Crippen LogP) is 2.19. The molecule has 0 aliphatic rings. The molecule has 0 radical (unpaired) electrons. The van der Waals surface area contributed by atoms with E-state index in [9.17, 15) is 12.8 Å². The minimum absolute atomic E-state index is 0.161. The first kappa shape index (κ1) is 13.9. The zero-order valence-corrected chi connectivity index (χ0v) is 11.1. The second kappa shape index (κ2) is 5.23. The lowest BCUT2D eigenvalue weighted by Gasteiger charge is -2.11. The third-order valence-electron chi connectivity index (χ3n) is 2.55. The van der Waals surface area contributed by atoms with Crippen LogP contribution >= 0.6 is 0 Å². The second-order valence-electron chi connectivity index (χ2n) is 3.99. The first-order valence-electron chi connectivity index (χ1n) is 5.57. The minimum Gasteiger partial charge on any atom is -0.398 e. The molecule has 2 aromatic carbocycles. The number of sulfonamides is 1. The van der Waals surface area contributed by atoms with E-state index < -0.39 is 20.7 Å². The van der Waals surface area contributed by atoms with Crippen molar-refractivity contribution in [2.45, 2.75) is 4.90 Å². The van der Waals surface area contributed by atoms with Gasteiger partial charge in [-0.1, -0.05) is 18.1 Å². The lowest BCUT2D eigenvalue weighted by molar-refractivity contribution is 0.572. The van der Waals surface area contributed by atoms with Crippen molar-refractivity contribution in [3.05, 3.63) is 53.8 Å². The van der Waals surface area contributed by atoms with Gasteiger partial charge in [0.1, 0.15) is 10.7 Å². The van der Waals surface area contributed by atoms with Crippen LogP contribution in [-0.4, -0.2) is 8.42 Å². The molecule has 0 heterocycles. The van der Waals surface area contributed by atoms with E-state index in [4.69, 9.17) is 12.2 Å². The highest BCUT2D eigenvalue weighted by Gasteiger charge is 2.22. The molecule has 6 heteroatoms. The lowest BCUT2D eigenvalue weighted by atomic mass is 10.2. The van der Waals surface area contributed by atoms with Crippen LogP contribution in [0.25, 0.3) is 0 Å². The van der Waals surface area contributed by atoms with Gasteiger partial charge in [0.05, 0.1) is 11.4 Å². The Morgan fingerprint density at radius 3 is 2.55 bits per heavy atom. The van der Waals surface area contributed by atoms with Crippen molar-refractivity contribution in [2.24, 2.45) is 0 Å². The van der Waals surface area contributed by atoms with Crippen LogP contribution in [0.5, 0.6) is 0 Å². The van der Waals surface area contributed by atoms with Gasteiger partial charge in [0.2, 0.25) is 0 Å². The van der Waals surface area contributed by atoms with Crippen molar-refractivity contribution >= 4 is 21.4 Å². The van der Waals surface area contributed by atoms with Gasteiger partial charge in [-0.25, -0.2) is 12.8 Å². The zero-order chi connectivity index (χ0) is 14.8. The highest BCUT2D eigenvalue weighted by atomic mass is 32.2. The molecule has 3 N–H and O–H groups in total. The molecule has 0 spiro atoms. The standard InChI is InChI=1S/C14H11FN2O2S/c1-2-10-5-3-6-11(9-10)17-20(18,19)14-12(15)7-4-8-13(14)16/h1,3-9,17H,16H2. The Kier molecular flexibility index (Phi) is 3.63. The molecule has 0 amide bonds. The third kappa shape index (κ3) is 2.73. The number of benzene rings is 2. The van der Waals surface area contributed by atoms with Crippen molar-refractivity contribution in [1.82, 2.24) is 0 Å². The monoisotopic (exact) mass is 290 g/mol. The van der Waals surface area contributed by atoms with Crippen LogP contribution in [0.1, 0.15) is 5.56 Å². The van der Waals surface area contributed by atoms with Crippen molar-refractivity contribution in [3.8, 4) is 12.3 Å². The van der Waals surface area contributed by atoms with Gasteiger partial charge in [-0.05, 0) is 30.3 Å². The van der Waals surface area contributed by atoms with Crippen LogP contribution in [0.4, 0.5) is 15.8 Å². The lowest BCUT2D eigenvalue weighted by Crippen LogP contribution is -2.16. The summed E-state index contributed by atoms with van der Waals surface area (Å²) in [6.07, 6.45) is 5.23. The molecular formula is C14H11FN2O2S. The number of terminal acetylenes is 1. The van der Waals surface area contributed by atoms with E-state index in [1.807, 2.05) is 0 Å². The summed E-state index contributed by atoms with van der Waals surface area (Å²) in [6.45, 7) is 0. The van der Waals surface area contributed by atoms with Crippen LogP contribution in [0, 0.1) is 18.2 Å². The van der Waals surface area contributed by atoms with E-state index in [1.165, 1.54) is 24.3 Å². The van der Waals surface area contributed by atoms with Crippen LogP contribution in [0.15, 0.2) is 47.4 Å². The molecule has 2 rings (SSSR count). The van der Waals surface area contributed by atoms with Gasteiger partial charge in [0.15, 0.2) is 0 Å². The molecule has 102 valence electrons. The van der Waals surface area contributed by atoms with Crippen molar-refractivity contribution in [1.29, 1.82) is 0 Å². The van der Waals surface area contributed by atoms with Crippen molar-refractivity contribution < 1.29 is 12.8 Å². The maximum Gasteiger partial charge on any atom is 0.266 e. The number of hydrogen-bond acceptors (Lipinski definition) is 3. The molecule has 0 fully saturated rings. The van der Waals surface area contributed by atoms with Crippen LogP contribution < -0.4 is 10.5 Å². The maximum atomic E-state index is 13.7. The Morgan fingerprint density at radius 2 is 1.90 bits per heavy atom. The summed E-state index contributed by atoms with van der Waals surface area (Å²) < 4.78 is 40.2. The first-order chi connectivity index (χ1) is 9.44. The van der Waals surface area contributed by atoms with Crippen LogP contribution in [0.3, 0.4) is 0 Å². The molecule has 0 atom stereocenters. The molecule has 20 heavy (non-hydrogen) atoms. The molecule has 2 aromatic rings. The Balaban J connectivity index is 2.44. The summed E-state index contributed by atoms with van der Waals surface area (Å²) in [5, 5.41) is 0. The summed E-state index contributed by atoms with van der Waals surface area (Å²) in [5.41, 5.74) is 6.11. The summed E-state index contributed by atoms with van der Waals surface area (Å²) >= 11 is 0. The molecule has 0 bridgehead atoms. The average Bonchev–Trinajstić information content (AvgIpc) is 2.37. The fourth-order valence-electron chi connectivity index (χ4n) is 1.69. The largest absolute Gasteiger partial charge is 0.398 e. The fraction of sp³-hybridized carbons (Fsp3) is 0. The van der Waals surface area contributed by atoms with Gasteiger partial charge in [-0.15, -0.1) is 6.42 Å². The van der Waals surface area contributed by atoms with E-state index in [0.29, 0.717) is 5.56 Å². The normalized spacial score (nSPS) is 10.8. The van der Waals surface area contributed by atoms with Gasteiger partial charge in [0.25, 0.3) is 10.0 Å².